The third kappa shape index (κ3) is 8.47. The van der Waals surface area contributed by atoms with Gasteiger partial charge >= 0.3 is 0 Å². The largest absolute Gasteiger partial charge is 0.491 e. The number of carbonyl (C=O) groups excluding carboxylic acids is 4. The summed E-state index contributed by atoms with van der Waals surface area (Å²) in [5, 5.41) is 16.0. The van der Waals surface area contributed by atoms with E-state index in [1.807, 2.05) is 12.1 Å². The fraction of sp³-hybridized carbons (Fsp3) is 0.500. The summed E-state index contributed by atoms with van der Waals surface area (Å²) < 4.78 is 17.2. The van der Waals surface area contributed by atoms with Crippen molar-refractivity contribution in [2.75, 3.05) is 71.1 Å². The maximum atomic E-state index is 13.0. The molecule has 278 valence electrons. The van der Waals surface area contributed by atoms with E-state index in [9.17, 15) is 24.4 Å². The summed E-state index contributed by atoms with van der Waals surface area (Å²) in [5.74, 6) is -0.945. The molecule has 15 nitrogen and oxygen atoms in total. The van der Waals surface area contributed by atoms with Crippen molar-refractivity contribution in [1.82, 2.24) is 30.0 Å². The summed E-state index contributed by atoms with van der Waals surface area (Å²) in [7, 11) is 0. The predicted molar refractivity (Wildman–Crippen MR) is 192 cm³/mol. The lowest BCUT2D eigenvalue weighted by Crippen LogP contribution is -2.54. The first-order valence-electron chi connectivity index (χ1n) is 18.4. The van der Waals surface area contributed by atoms with E-state index in [1.165, 1.54) is 12.1 Å². The highest BCUT2D eigenvalue weighted by molar-refractivity contribution is 6.23. The number of aromatic nitrogens is 2. The smallest absolute Gasteiger partial charge is 0.262 e. The minimum atomic E-state index is -1.00. The third-order valence-corrected chi connectivity index (χ3v) is 10.6. The lowest BCUT2D eigenvalue weighted by atomic mass is 9.89. The van der Waals surface area contributed by atoms with Gasteiger partial charge in [0.25, 0.3) is 11.8 Å². The van der Waals surface area contributed by atoms with Gasteiger partial charge in [0.15, 0.2) is 0 Å². The van der Waals surface area contributed by atoms with Crippen molar-refractivity contribution in [3.05, 3.63) is 59.4 Å². The van der Waals surface area contributed by atoms with Crippen molar-refractivity contribution in [3.63, 3.8) is 0 Å². The number of ether oxygens (including phenoxy) is 3. The number of rotatable bonds is 14. The van der Waals surface area contributed by atoms with Crippen LogP contribution >= 0.6 is 0 Å². The molecule has 1 unspecified atom stereocenters. The van der Waals surface area contributed by atoms with E-state index in [1.54, 1.807) is 18.5 Å². The fourth-order valence-electron chi connectivity index (χ4n) is 7.65. The van der Waals surface area contributed by atoms with Gasteiger partial charge in [-0.1, -0.05) is 0 Å². The number of anilines is 1. The monoisotopic (exact) mass is 724 g/mol. The molecule has 0 bridgehead atoms. The second-order valence-electron chi connectivity index (χ2n) is 13.8. The van der Waals surface area contributed by atoms with Gasteiger partial charge in [-0.3, -0.25) is 39.2 Å². The second kappa shape index (κ2) is 16.8. The number of hydrogen-bond donors (Lipinski definition) is 2. The molecular weight excluding hydrogens is 680 g/mol. The summed E-state index contributed by atoms with van der Waals surface area (Å²) in [4.78, 5) is 64.5. The minimum absolute atomic E-state index is 0.0709. The number of nitriles is 1. The normalized spacial score (nSPS) is 22.5. The minimum Gasteiger partial charge on any atom is -0.491 e. The molecule has 3 fully saturated rings. The Hall–Kier alpha value is -5.01. The summed E-state index contributed by atoms with van der Waals surface area (Å²) in [6.45, 7) is 7.20. The van der Waals surface area contributed by atoms with E-state index >= 15 is 0 Å². The first-order chi connectivity index (χ1) is 25.9. The Morgan fingerprint density at radius 2 is 1.58 bits per heavy atom. The zero-order valence-corrected chi connectivity index (χ0v) is 29.6. The van der Waals surface area contributed by atoms with Crippen LogP contribution in [0.25, 0.3) is 10.9 Å². The number of fused-ring (bicyclic) bond motifs is 2. The Morgan fingerprint density at radius 1 is 0.830 bits per heavy atom. The quantitative estimate of drug-likeness (QED) is 0.183. The number of imide groups is 2. The van der Waals surface area contributed by atoms with Crippen molar-refractivity contribution in [3.8, 4) is 11.8 Å². The van der Waals surface area contributed by atoms with Crippen molar-refractivity contribution < 1.29 is 33.4 Å². The molecule has 0 radical (unpaired) electrons. The van der Waals surface area contributed by atoms with E-state index in [4.69, 9.17) is 14.2 Å². The van der Waals surface area contributed by atoms with Crippen LogP contribution in [0.4, 0.5) is 5.82 Å². The molecule has 1 aliphatic carbocycles. The zero-order chi connectivity index (χ0) is 36.7. The molecule has 3 aromatic rings. The fourth-order valence-corrected chi connectivity index (χ4v) is 7.65. The number of carbonyl (C=O) groups is 4. The van der Waals surface area contributed by atoms with Crippen molar-refractivity contribution in [2.24, 2.45) is 0 Å². The van der Waals surface area contributed by atoms with Crippen molar-refractivity contribution in [1.29, 1.82) is 5.26 Å². The molecule has 1 atom stereocenters. The van der Waals surface area contributed by atoms with Crippen molar-refractivity contribution >= 4 is 40.3 Å². The Kier molecular flexibility index (Phi) is 11.5. The van der Waals surface area contributed by atoms with Crippen molar-refractivity contribution in [2.45, 2.75) is 56.7 Å². The van der Waals surface area contributed by atoms with E-state index in [0.717, 1.165) is 80.0 Å². The van der Waals surface area contributed by atoms with Crippen LogP contribution in [0.2, 0.25) is 0 Å². The highest BCUT2D eigenvalue weighted by atomic mass is 16.5. The first kappa shape index (κ1) is 36.4. The van der Waals surface area contributed by atoms with E-state index in [2.05, 4.69) is 36.5 Å². The maximum absolute atomic E-state index is 13.0. The molecule has 53 heavy (non-hydrogen) atoms. The molecule has 4 heterocycles. The lowest BCUT2D eigenvalue weighted by Gasteiger charge is -2.42. The van der Waals surface area contributed by atoms with E-state index in [0.29, 0.717) is 49.8 Å². The van der Waals surface area contributed by atoms with Crippen LogP contribution in [-0.4, -0.2) is 132 Å². The Labute approximate surface area is 307 Å². The van der Waals surface area contributed by atoms with E-state index in [-0.39, 0.29) is 30.6 Å². The standard InChI is InChI=1S/C38H44N8O7/c39-23-25-1-8-32-31(21-25)35(41-24-40-32)42-26-2-4-27(5-3-26)45-13-11-44(12-14-45)15-16-51-17-18-52-19-20-53-28-6-7-29-30(22-28)38(50)46(37(29)49)33-9-10-34(47)43-36(33)48/h1,6-8,21-22,24,26-27,33H,2-5,9-20H2,(H,40,41,42)(H,43,47,48). The summed E-state index contributed by atoms with van der Waals surface area (Å²) in [6, 6.07) is 12.3. The van der Waals surface area contributed by atoms with Gasteiger partial charge in [0.05, 0.1) is 54.7 Å². The Balaban J connectivity index is 0.732. The topological polar surface area (TPSA) is 179 Å². The SMILES string of the molecule is N#Cc1ccc2ncnc(NC3CCC(N4CCN(CCOCCOCCOc5ccc6c(c5)C(=O)N(C5CCC(=O)NC5=O)C6=O)CC4)CC3)c2c1. The van der Waals surface area contributed by atoms with Crippen LogP contribution in [0.15, 0.2) is 42.7 Å². The summed E-state index contributed by atoms with van der Waals surface area (Å²) in [5.41, 5.74) is 1.83. The van der Waals surface area contributed by atoms with Gasteiger partial charge in [-0.25, -0.2) is 9.97 Å². The molecule has 2 N–H and O–H groups in total. The van der Waals surface area contributed by atoms with Gasteiger partial charge in [0.1, 0.15) is 30.5 Å². The van der Waals surface area contributed by atoms with Gasteiger partial charge in [-0.05, 0) is 68.5 Å². The first-order valence-corrected chi connectivity index (χ1v) is 18.4. The van der Waals surface area contributed by atoms with E-state index < -0.39 is 29.7 Å². The van der Waals surface area contributed by atoms with Gasteiger partial charge in [0, 0.05) is 56.6 Å². The van der Waals surface area contributed by atoms with Crippen LogP contribution in [0.3, 0.4) is 0 Å². The molecular formula is C38H44N8O7. The molecule has 1 saturated carbocycles. The molecule has 1 aromatic heterocycles. The highest BCUT2D eigenvalue weighted by Crippen LogP contribution is 2.31. The average molecular weight is 725 g/mol. The Bertz CT molecular complexity index is 1880. The number of hydrogen-bond acceptors (Lipinski definition) is 13. The van der Waals surface area contributed by atoms with Crippen LogP contribution in [-0.2, 0) is 19.1 Å². The van der Waals surface area contributed by atoms with Crippen LogP contribution in [0.5, 0.6) is 5.75 Å². The highest BCUT2D eigenvalue weighted by Gasteiger charge is 2.44. The van der Waals surface area contributed by atoms with Gasteiger partial charge < -0.3 is 19.5 Å². The summed E-state index contributed by atoms with van der Waals surface area (Å²) >= 11 is 0. The number of amides is 4. The van der Waals surface area contributed by atoms with Gasteiger partial charge in [-0.2, -0.15) is 5.26 Å². The molecule has 3 aliphatic heterocycles. The lowest BCUT2D eigenvalue weighted by molar-refractivity contribution is -0.136. The number of nitrogens with zero attached hydrogens (tertiary/aromatic N) is 6. The van der Waals surface area contributed by atoms with Gasteiger partial charge in [-0.15, -0.1) is 0 Å². The molecule has 4 amide bonds. The molecule has 2 aromatic carbocycles. The second-order valence-corrected chi connectivity index (χ2v) is 13.8. The van der Waals surface area contributed by atoms with Crippen LogP contribution < -0.4 is 15.4 Å². The molecule has 7 rings (SSSR count). The van der Waals surface area contributed by atoms with Crippen LogP contribution in [0.1, 0.15) is 64.8 Å². The predicted octanol–water partition coefficient (Wildman–Crippen LogP) is 2.36. The molecule has 4 aliphatic rings. The maximum Gasteiger partial charge on any atom is 0.262 e. The molecule has 2 saturated heterocycles. The van der Waals surface area contributed by atoms with Crippen LogP contribution in [0, 0.1) is 11.3 Å². The Morgan fingerprint density at radius 3 is 2.36 bits per heavy atom. The number of benzene rings is 2. The zero-order valence-electron chi connectivity index (χ0n) is 29.6. The number of piperidine rings is 1. The van der Waals surface area contributed by atoms with Gasteiger partial charge in [0.2, 0.25) is 11.8 Å². The number of nitrogens with one attached hydrogen (secondary N) is 2. The molecule has 15 heteroatoms. The summed E-state index contributed by atoms with van der Waals surface area (Å²) in [6.07, 6.45) is 6.23. The molecule has 0 spiro atoms. The number of piperazine rings is 1. The third-order valence-electron chi connectivity index (χ3n) is 10.6. The average Bonchev–Trinajstić information content (AvgIpc) is 3.42.